The lowest BCUT2D eigenvalue weighted by atomic mass is 10.2. The molecule has 0 fully saturated rings. The van der Waals surface area contributed by atoms with Gasteiger partial charge in [-0.1, -0.05) is 22.0 Å². The van der Waals surface area contributed by atoms with Crippen molar-refractivity contribution in [1.82, 2.24) is 4.98 Å². The van der Waals surface area contributed by atoms with Gasteiger partial charge in [-0.2, -0.15) is 8.78 Å². The standard InChI is InChI=1S/C21H11BrF4N2O3/c22-12-4-5-15(19-11(12)2-1-7-27-19)28-21(29)16-6-3-10(31-16)9-30-20-17(25)13(23)8-14(24)18(20)26/h1-8H,9H2,(H,28,29). The Morgan fingerprint density at radius 1 is 1.06 bits per heavy atom. The van der Waals surface area contributed by atoms with Gasteiger partial charge in [0.25, 0.3) is 5.91 Å². The largest absolute Gasteiger partial charge is 0.479 e. The van der Waals surface area contributed by atoms with E-state index in [9.17, 15) is 22.4 Å². The second-order valence-electron chi connectivity index (χ2n) is 6.30. The molecule has 0 saturated heterocycles. The van der Waals surface area contributed by atoms with Crippen LogP contribution < -0.4 is 10.1 Å². The van der Waals surface area contributed by atoms with Crippen molar-refractivity contribution in [2.75, 3.05) is 5.32 Å². The van der Waals surface area contributed by atoms with Crippen molar-refractivity contribution in [3.05, 3.63) is 87.9 Å². The molecule has 0 atom stereocenters. The average molecular weight is 495 g/mol. The van der Waals surface area contributed by atoms with E-state index in [1.165, 1.54) is 12.1 Å². The second kappa shape index (κ2) is 8.38. The van der Waals surface area contributed by atoms with Crippen LogP contribution >= 0.6 is 15.9 Å². The first-order valence-electron chi connectivity index (χ1n) is 8.74. The predicted octanol–water partition coefficient (Wildman–Crippen LogP) is 5.98. The molecule has 10 heteroatoms. The summed E-state index contributed by atoms with van der Waals surface area (Å²) in [6.07, 6.45) is 1.58. The van der Waals surface area contributed by atoms with Crippen LogP contribution in [0.2, 0.25) is 0 Å². The van der Waals surface area contributed by atoms with Crippen LogP contribution in [0.25, 0.3) is 10.9 Å². The fourth-order valence-corrected chi connectivity index (χ4v) is 3.27. The highest BCUT2D eigenvalue weighted by Crippen LogP contribution is 2.29. The zero-order valence-electron chi connectivity index (χ0n) is 15.4. The minimum atomic E-state index is -1.67. The van der Waals surface area contributed by atoms with Gasteiger partial charge >= 0.3 is 0 Å². The van der Waals surface area contributed by atoms with E-state index in [-0.39, 0.29) is 17.6 Å². The number of carbonyl (C=O) groups is 1. The van der Waals surface area contributed by atoms with Gasteiger partial charge in [-0.25, -0.2) is 8.78 Å². The second-order valence-corrected chi connectivity index (χ2v) is 7.15. The number of fused-ring (bicyclic) bond motifs is 1. The Balaban J connectivity index is 1.50. The lowest BCUT2D eigenvalue weighted by molar-refractivity contribution is 0.0992. The Morgan fingerprint density at radius 3 is 2.55 bits per heavy atom. The van der Waals surface area contributed by atoms with Crippen molar-refractivity contribution in [1.29, 1.82) is 0 Å². The molecule has 2 aromatic carbocycles. The molecule has 2 aromatic heterocycles. The highest BCUT2D eigenvalue weighted by atomic mass is 79.9. The van der Waals surface area contributed by atoms with Gasteiger partial charge in [-0.05, 0) is 30.3 Å². The number of carbonyl (C=O) groups excluding carboxylic acids is 1. The number of nitrogens with one attached hydrogen (secondary N) is 1. The van der Waals surface area contributed by atoms with Crippen molar-refractivity contribution < 1.29 is 31.5 Å². The third-order valence-corrected chi connectivity index (χ3v) is 4.97. The van der Waals surface area contributed by atoms with E-state index in [2.05, 4.69) is 26.2 Å². The number of nitrogens with zero attached hydrogens (tertiary/aromatic N) is 1. The Bertz CT molecular complexity index is 1280. The van der Waals surface area contributed by atoms with E-state index in [0.717, 1.165) is 9.86 Å². The van der Waals surface area contributed by atoms with Gasteiger partial charge in [-0.15, -0.1) is 0 Å². The minimum absolute atomic E-state index is 0.00686. The molecule has 31 heavy (non-hydrogen) atoms. The van der Waals surface area contributed by atoms with Gasteiger partial charge < -0.3 is 14.5 Å². The molecule has 5 nitrogen and oxygen atoms in total. The van der Waals surface area contributed by atoms with E-state index < -0.39 is 41.5 Å². The average Bonchev–Trinajstić information content (AvgIpc) is 3.24. The Morgan fingerprint density at radius 2 is 1.81 bits per heavy atom. The number of aromatic nitrogens is 1. The molecule has 0 unspecified atom stereocenters. The number of rotatable bonds is 5. The molecular weight excluding hydrogens is 484 g/mol. The van der Waals surface area contributed by atoms with Gasteiger partial charge in [0.15, 0.2) is 23.1 Å². The molecule has 158 valence electrons. The molecule has 0 aliphatic heterocycles. The minimum Gasteiger partial charge on any atom is -0.479 e. The molecule has 0 aliphatic rings. The molecule has 0 radical (unpaired) electrons. The monoisotopic (exact) mass is 494 g/mol. The summed E-state index contributed by atoms with van der Waals surface area (Å²) in [5, 5.41) is 3.46. The van der Waals surface area contributed by atoms with Crippen LogP contribution in [0.1, 0.15) is 16.3 Å². The molecule has 2 heterocycles. The van der Waals surface area contributed by atoms with Gasteiger partial charge in [0, 0.05) is 22.1 Å². The number of amides is 1. The maximum absolute atomic E-state index is 13.7. The SMILES string of the molecule is O=C(Nc1ccc(Br)c2cccnc12)c1ccc(COc2c(F)c(F)cc(F)c2F)o1. The van der Waals surface area contributed by atoms with Crippen LogP contribution in [0.4, 0.5) is 23.2 Å². The molecule has 1 amide bonds. The number of halogens is 5. The molecule has 0 spiro atoms. The Labute approximate surface area is 180 Å². The number of hydrogen-bond donors (Lipinski definition) is 1. The molecule has 0 saturated carbocycles. The maximum atomic E-state index is 13.7. The smallest absolute Gasteiger partial charge is 0.291 e. The summed E-state index contributed by atoms with van der Waals surface area (Å²) in [5.74, 6) is -8.45. The van der Waals surface area contributed by atoms with Crippen molar-refractivity contribution in [3.63, 3.8) is 0 Å². The van der Waals surface area contributed by atoms with Crippen molar-refractivity contribution in [2.24, 2.45) is 0 Å². The third kappa shape index (κ3) is 4.11. The third-order valence-electron chi connectivity index (χ3n) is 4.28. The van der Waals surface area contributed by atoms with Gasteiger partial charge in [0.2, 0.25) is 11.6 Å². The van der Waals surface area contributed by atoms with Crippen molar-refractivity contribution >= 4 is 38.4 Å². The summed E-state index contributed by atoms with van der Waals surface area (Å²) in [5.41, 5.74) is 0.997. The zero-order valence-corrected chi connectivity index (χ0v) is 17.0. The lowest BCUT2D eigenvalue weighted by Crippen LogP contribution is -2.11. The normalized spacial score (nSPS) is 11.0. The maximum Gasteiger partial charge on any atom is 0.291 e. The summed E-state index contributed by atoms with van der Waals surface area (Å²) < 4.78 is 64.8. The van der Waals surface area contributed by atoms with Crippen LogP contribution in [0.15, 0.2) is 57.6 Å². The molecule has 1 N–H and O–H groups in total. The van der Waals surface area contributed by atoms with Crippen LogP contribution in [-0.4, -0.2) is 10.9 Å². The predicted molar refractivity (Wildman–Crippen MR) is 107 cm³/mol. The number of ether oxygens (including phenoxy) is 1. The Kier molecular flexibility index (Phi) is 5.64. The first kappa shape index (κ1) is 20.9. The van der Waals surface area contributed by atoms with Gasteiger partial charge in [0.05, 0.1) is 11.2 Å². The molecule has 4 aromatic rings. The number of hydrogen-bond acceptors (Lipinski definition) is 4. The van der Waals surface area contributed by atoms with Crippen molar-refractivity contribution in [2.45, 2.75) is 6.61 Å². The van der Waals surface area contributed by atoms with Crippen LogP contribution in [-0.2, 0) is 6.61 Å². The van der Waals surface area contributed by atoms with Crippen LogP contribution in [0.3, 0.4) is 0 Å². The fourth-order valence-electron chi connectivity index (χ4n) is 2.82. The molecular formula is C21H11BrF4N2O3. The Hall–Kier alpha value is -3.40. The summed E-state index contributed by atoms with van der Waals surface area (Å²) >= 11 is 3.42. The first-order valence-corrected chi connectivity index (χ1v) is 9.53. The molecule has 0 bridgehead atoms. The summed E-state index contributed by atoms with van der Waals surface area (Å²) in [4.78, 5) is 16.8. The topological polar surface area (TPSA) is 64.4 Å². The van der Waals surface area contributed by atoms with Gasteiger partial charge in [-0.3, -0.25) is 9.78 Å². The number of pyridine rings is 1. The molecule has 4 rings (SSSR count). The highest BCUT2D eigenvalue weighted by molar-refractivity contribution is 9.10. The zero-order chi connectivity index (χ0) is 22.1. The van der Waals surface area contributed by atoms with Gasteiger partial charge in [0.1, 0.15) is 12.4 Å². The van der Waals surface area contributed by atoms with Crippen molar-refractivity contribution in [3.8, 4) is 5.75 Å². The lowest BCUT2D eigenvalue weighted by Gasteiger charge is -2.09. The fraction of sp³-hybridized carbons (Fsp3) is 0.0476. The summed E-state index contributed by atoms with van der Waals surface area (Å²) in [6.45, 7) is -0.563. The highest BCUT2D eigenvalue weighted by Gasteiger charge is 2.21. The number of furan rings is 1. The number of benzene rings is 2. The summed E-state index contributed by atoms with van der Waals surface area (Å²) in [6, 6.07) is 9.73. The quantitative estimate of drug-likeness (QED) is 0.274. The van der Waals surface area contributed by atoms with Crippen LogP contribution in [0.5, 0.6) is 5.75 Å². The van der Waals surface area contributed by atoms with E-state index >= 15 is 0 Å². The molecule has 0 aliphatic carbocycles. The first-order chi connectivity index (χ1) is 14.8. The van der Waals surface area contributed by atoms with Crippen LogP contribution in [0, 0.1) is 23.3 Å². The number of anilines is 1. The summed E-state index contributed by atoms with van der Waals surface area (Å²) in [7, 11) is 0. The van der Waals surface area contributed by atoms with E-state index in [0.29, 0.717) is 11.2 Å². The van der Waals surface area contributed by atoms with E-state index in [1.807, 2.05) is 6.07 Å². The van der Waals surface area contributed by atoms with E-state index in [1.54, 1.807) is 24.4 Å². The van der Waals surface area contributed by atoms with E-state index in [4.69, 9.17) is 9.15 Å².